The molecule has 2 heterocycles. The van der Waals surface area contributed by atoms with Crippen molar-refractivity contribution < 1.29 is 4.79 Å². The van der Waals surface area contributed by atoms with E-state index in [1.54, 1.807) is 0 Å². The summed E-state index contributed by atoms with van der Waals surface area (Å²) in [5.41, 5.74) is 2.27. The Morgan fingerprint density at radius 1 is 1.29 bits per heavy atom. The molecule has 0 saturated heterocycles. The zero-order valence-electron chi connectivity index (χ0n) is 9.06. The molecule has 0 fully saturated rings. The third-order valence-electron chi connectivity index (χ3n) is 2.41. The molecule has 17 heavy (non-hydrogen) atoms. The minimum absolute atomic E-state index is 0.205. The first kappa shape index (κ1) is 9.71. The minimum atomic E-state index is -0.220. The third-order valence-corrected chi connectivity index (χ3v) is 2.41. The molecule has 0 radical (unpaired) electrons. The number of nitrogens with zero attached hydrogens (tertiary/aromatic N) is 3. The molecule has 0 aliphatic rings. The third kappa shape index (κ3) is 1.59. The molecule has 3 rings (SSSR count). The van der Waals surface area contributed by atoms with E-state index in [2.05, 4.69) is 25.5 Å². The number of amides is 1. The van der Waals surface area contributed by atoms with Crippen LogP contribution in [-0.2, 0) is 4.79 Å². The standard InChI is InChI=1S/C11H9N5O/c1-6(17)12-11-14-10-9(15-16-11)7-4-2-3-5-8(7)13-10/h2-5H,1H3,(H2,12,13,14,16,17). The van der Waals surface area contributed by atoms with Gasteiger partial charge in [0.2, 0.25) is 5.91 Å². The molecule has 0 atom stereocenters. The molecule has 2 N–H and O–H groups in total. The van der Waals surface area contributed by atoms with Crippen LogP contribution in [0.1, 0.15) is 6.92 Å². The van der Waals surface area contributed by atoms with Gasteiger partial charge in [-0.1, -0.05) is 18.2 Å². The second-order valence-corrected chi connectivity index (χ2v) is 3.68. The zero-order chi connectivity index (χ0) is 11.8. The average molecular weight is 227 g/mol. The maximum Gasteiger partial charge on any atom is 0.251 e. The molecule has 6 heteroatoms. The van der Waals surface area contributed by atoms with E-state index in [0.29, 0.717) is 11.2 Å². The number of para-hydroxylation sites is 1. The molecule has 0 aliphatic carbocycles. The normalized spacial score (nSPS) is 10.9. The Morgan fingerprint density at radius 2 is 2.12 bits per heavy atom. The number of rotatable bonds is 1. The van der Waals surface area contributed by atoms with Gasteiger partial charge in [-0.3, -0.25) is 10.1 Å². The van der Waals surface area contributed by atoms with Crippen LogP contribution in [0.25, 0.3) is 22.1 Å². The van der Waals surface area contributed by atoms with E-state index in [4.69, 9.17) is 0 Å². The molecule has 0 bridgehead atoms. The Hall–Kier alpha value is -2.50. The van der Waals surface area contributed by atoms with Crippen molar-refractivity contribution in [2.45, 2.75) is 6.92 Å². The van der Waals surface area contributed by atoms with Crippen LogP contribution in [0, 0.1) is 0 Å². The second kappa shape index (κ2) is 3.51. The second-order valence-electron chi connectivity index (χ2n) is 3.68. The molecule has 1 amide bonds. The van der Waals surface area contributed by atoms with Crippen LogP contribution < -0.4 is 5.32 Å². The largest absolute Gasteiger partial charge is 0.338 e. The predicted molar refractivity (Wildman–Crippen MR) is 63.5 cm³/mol. The molecule has 0 aliphatic heterocycles. The number of aromatic amines is 1. The fourth-order valence-corrected chi connectivity index (χ4v) is 1.73. The first-order chi connectivity index (χ1) is 8.24. The van der Waals surface area contributed by atoms with Crippen LogP contribution in [0.3, 0.4) is 0 Å². The van der Waals surface area contributed by atoms with Gasteiger partial charge in [-0.05, 0) is 6.07 Å². The van der Waals surface area contributed by atoms with Crippen LogP contribution >= 0.6 is 0 Å². The summed E-state index contributed by atoms with van der Waals surface area (Å²) in [5.74, 6) is -0.0150. The molecule has 0 spiro atoms. The number of fused-ring (bicyclic) bond motifs is 3. The predicted octanol–water partition coefficient (Wildman–Crippen LogP) is 1.46. The summed E-state index contributed by atoms with van der Waals surface area (Å²) in [6, 6.07) is 7.75. The van der Waals surface area contributed by atoms with E-state index in [9.17, 15) is 4.79 Å². The topological polar surface area (TPSA) is 83.6 Å². The van der Waals surface area contributed by atoms with Crippen LogP contribution in [0.15, 0.2) is 24.3 Å². The lowest BCUT2D eigenvalue weighted by Gasteiger charge is -1.97. The smallest absolute Gasteiger partial charge is 0.251 e. The Kier molecular flexibility index (Phi) is 2.01. The highest BCUT2D eigenvalue weighted by Crippen LogP contribution is 2.21. The van der Waals surface area contributed by atoms with Crippen molar-refractivity contribution in [3.05, 3.63) is 24.3 Å². The summed E-state index contributed by atoms with van der Waals surface area (Å²) in [6.45, 7) is 1.40. The number of hydrogen-bond donors (Lipinski definition) is 2. The molecule has 1 aromatic carbocycles. The number of hydrogen-bond acceptors (Lipinski definition) is 4. The van der Waals surface area contributed by atoms with Crippen molar-refractivity contribution in [3.63, 3.8) is 0 Å². The van der Waals surface area contributed by atoms with Crippen molar-refractivity contribution in [2.24, 2.45) is 0 Å². The van der Waals surface area contributed by atoms with E-state index in [1.807, 2.05) is 24.3 Å². The quantitative estimate of drug-likeness (QED) is 0.659. The summed E-state index contributed by atoms with van der Waals surface area (Å²) >= 11 is 0. The number of carbonyl (C=O) groups excluding carboxylic acids is 1. The minimum Gasteiger partial charge on any atom is -0.338 e. The first-order valence-corrected chi connectivity index (χ1v) is 5.13. The Morgan fingerprint density at radius 3 is 2.94 bits per heavy atom. The fourth-order valence-electron chi connectivity index (χ4n) is 1.73. The van der Waals surface area contributed by atoms with E-state index in [1.165, 1.54) is 6.92 Å². The van der Waals surface area contributed by atoms with E-state index in [-0.39, 0.29) is 11.9 Å². The molecular formula is C11H9N5O. The molecule has 0 saturated carbocycles. The number of anilines is 1. The molecule has 6 nitrogen and oxygen atoms in total. The number of nitrogens with one attached hydrogen (secondary N) is 2. The summed E-state index contributed by atoms with van der Waals surface area (Å²) in [5, 5.41) is 11.4. The van der Waals surface area contributed by atoms with Crippen LogP contribution in [-0.4, -0.2) is 26.1 Å². The van der Waals surface area contributed by atoms with E-state index in [0.717, 1.165) is 10.9 Å². The highest BCUT2D eigenvalue weighted by atomic mass is 16.1. The molecule has 2 aromatic heterocycles. The van der Waals surface area contributed by atoms with E-state index >= 15 is 0 Å². The van der Waals surface area contributed by atoms with Gasteiger partial charge in [0.05, 0.1) is 0 Å². The Labute approximate surface area is 96.1 Å². The zero-order valence-corrected chi connectivity index (χ0v) is 9.06. The van der Waals surface area contributed by atoms with Gasteiger partial charge in [0.25, 0.3) is 5.95 Å². The Balaban J connectivity index is 2.23. The maximum absolute atomic E-state index is 10.9. The summed E-state index contributed by atoms with van der Waals surface area (Å²) in [7, 11) is 0. The summed E-state index contributed by atoms with van der Waals surface area (Å²) in [6.07, 6.45) is 0. The van der Waals surface area contributed by atoms with Gasteiger partial charge in [-0.15, -0.1) is 10.2 Å². The lowest BCUT2D eigenvalue weighted by atomic mass is 10.2. The first-order valence-electron chi connectivity index (χ1n) is 5.13. The summed E-state index contributed by atoms with van der Waals surface area (Å²) < 4.78 is 0. The van der Waals surface area contributed by atoms with Gasteiger partial charge < -0.3 is 4.98 Å². The Bertz CT molecular complexity index is 718. The van der Waals surface area contributed by atoms with Crippen molar-refractivity contribution >= 4 is 33.9 Å². The monoisotopic (exact) mass is 227 g/mol. The van der Waals surface area contributed by atoms with Crippen LogP contribution in [0.4, 0.5) is 5.95 Å². The molecular weight excluding hydrogens is 218 g/mol. The van der Waals surface area contributed by atoms with Crippen LogP contribution in [0.2, 0.25) is 0 Å². The van der Waals surface area contributed by atoms with E-state index < -0.39 is 0 Å². The van der Waals surface area contributed by atoms with Gasteiger partial charge in [0, 0.05) is 17.8 Å². The van der Waals surface area contributed by atoms with Gasteiger partial charge in [-0.2, -0.15) is 4.98 Å². The SMILES string of the molecule is CC(=O)Nc1nnc2c(n1)[nH]c1ccccc12. The molecule has 0 unspecified atom stereocenters. The van der Waals surface area contributed by atoms with Crippen molar-refractivity contribution in [3.8, 4) is 0 Å². The van der Waals surface area contributed by atoms with Crippen molar-refractivity contribution in [1.82, 2.24) is 20.2 Å². The lowest BCUT2D eigenvalue weighted by Crippen LogP contribution is -2.09. The van der Waals surface area contributed by atoms with Gasteiger partial charge in [-0.25, -0.2) is 0 Å². The maximum atomic E-state index is 10.9. The number of aromatic nitrogens is 4. The number of H-pyrrole nitrogens is 1. The van der Waals surface area contributed by atoms with Crippen molar-refractivity contribution in [2.75, 3.05) is 5.32 Å². The lowest BCUT2D eigenvalue weighted by molar-refractivity contribution is -0.114. The van der Waals surface area contributed by atoms with Gasteiger partial charge in [0.15, 0.2) is 5.65 Å². The molecule has 3 aromatic rings. The average Bonchev–Trinajstić information content (AvgIpc) is 2.65. The van der Waals surface area contributed by atoms with Gasteiger partial charge >= 0.3 is 0 Å². The highest BCUT2D eigenvalue weighted by Gasteiger charge is 2.08. The summed E-state index contributed by atoms with van der Waals surface area (Å²) in [4.78, 5) is 18.2. The molecule has 84 valence electrons. The fraction of sp³-hybridized carbons (Fsp3) is 0.0909. The number of carbonyl (C=O) groups is 1. The van der Waals surface area contributed by atoms with Gasteiger partial charge in [0.1, 0.15) is 5.52 Å². The van der Waals surface area contributed by atoms with Crippen LogP contribution in [0.5, 0.6) is 0 Å². The number of benzene rings is 1. The highest BCUT2D eigenvalue weighted by molar-refractivity contribution is 6.03. The van der Waals surface area contributed by atoms with Crippen molar-refractivity contribution in [1.29, 1.82) is 0 Å².